The lowest BCUT2D eigenvalue weighted by molar-refractivity contribution is -0.146. The van der Waals surface area contributed by atoms with Gasteiger partial charge in [-0.1, -0.05) is 70.5 Å². The van der Waals surface area contributed by atoms with E-state index in [0.717, 1.165) is 29.6 Å². The van der Waals surface area contributed by atoms with Gasteiger partial charge in [-0.3, -0.25) is 0 Å². The molecule has 3 heteroatoms. The predicted octanol–water partition coefficient (Wildman–Crippen LogP) is 5.84. The van der Waals surface area contributed by atoms with Gasteiger partial charge >= 0.3 is 0 Å². The van der Waals surface area contributed by atoms with Crippen molar-refractivity contribution in [2.75, 3.05) is 7.05 Å². The molecule has 0 bridgehead atoms. The minimum Gasteiger partial charge on any atom is -0.653 e. The second-order valence-electron chi connectivity index (χ2n) is 10.8. The van der Waals surface area contributed by atoms with Gasteiger partial charge in [0, 0.05) is 33.5 Å². The molecule has 1 saturated carbocycles. The van der Waals surface area contributed by atoms with Crippen molar-refractivity contribution in [3.63, 3.8) is 0 Å². The van der Waals surface area contributed by atoms with Crippen molar-refractivity contribution in [2.24, 2.45) is 11.3 Å². The highest BCUT2D eigenvalue weighted by atomic mass is 16.3. The first-order valence-electron chi connectivity index (χ1n) is 10.8. The van der Waals surface area contributed by atoms with Crippen molar-refractivity contribution < 1.29 is 5.11 Å². The van der Waals surface area contributed by atoms with Crippen molar-refractivity contribution in [3.8, 4) is 0 Å². The fraction of sp³-hybridized carbons (Fsp3) is 0.538. The number of benzene rings is 1. The Morgan fingerprint density at radius 3 is 2.55 bits per heavy atom. The number of aliphatic hydroxyl groups is 1. The van der Waals surface area contributed by atoms with Crippen molar-refractivity contribution in [3.05, 3.63) is 65.1 Å². The Morgan fingerprint density at radius 2 is 1.90 bits per heavy atom. The van der Waals surface area contributed by atoms with Gasteiger partial charge in [-0.15, -0.1) is 6.58 Å². The van der Waals surface area contributed by atoms with Crippen molar-refractivity contribution >= 4 is 10.9 Å². The number of likely N-dealkylation sites (N-methyl/N-ethyl adjacent to an activating group) is 1. The lowest BCUT2D eigenvalue weighted by Gasteiger charge is -2.71. The van der Waals surface area contributed by atoms with Gasteiger partial charge < -0.3 is 15.4 Å². The zero-order chi connectivity index (χ0) is 21.0. The Hall–Kier alpha value is -1.84. The lowest BCUT2D eigenvalue weighted by atomic mass is 9.43. The third-order valence-corrected chi connectivity index (χ3v) is 8.87. The summed E-state index contributed by atoms with van der Waals surface area (Å²) in [4.78, 5) is 3.72. The van der Waals surface area contributed by atoms with E-state index in [0.29, 0.717) is 0 Å². The summed E-state index contributed by atoms with van der Waals surface area (Å²) in [7, 11) is 1.88. The summed E-state index contributed by atoms with van der Waals surface area (Å²) < 4.78 is 0. The maximum atomic E-state index is 13.0. The number of aromatic nitrogens is 1. The predicted molar refractivity (Wildman–Crippen MR) is 120 cm³/mol. The number of nitrogens with zero attached hydrogens (tertiary/aromatic N) is 1. The quantitative estimate of drug-likeness (QED) is 0.623. The molecule has 29 heavy (non-hydrogen) atoms. The van der Waals surface area contributed by atoms with E-state index in [9.17, 15) is 5.11 Å². The summed E-state index contributed by atoms with van der Waals surface area (Å²) in [5.41, 5.74) is 2.07. The number of H-pyrrole nitrogens is 1. The highest BCUT2D eigenvalue weighted by Gasteiger charge is 2.66. The summed E-state index contributed by atoms with van der Waals surface area (Å²) in [5, 5.41) is 19.2. The van der Waals surface area contributed by atoms with E-state index < -0.39 is 11.1 Å². The maximum Gasteiger partial charge on any atom is 0.0867 e. The van der Waals surface area contributed by atoms with Crippen LogP contribution in [0.3, 0.4) is 0 Å². The summed E-state index contributed by atoms with van der Waals surface area (Å²) in [6.45, 7) is 15.5. The third-order valence-electron chi connectivity index (χ3n) is 8.87. The van der Waals surface area contributed by atoms with Crippen molar-refractivity contribution in [1.82, 2.24) is 4.98 Å². The minimum atomic E-state index is -1.10. The molecule has 0 spiro atoms. The maximum absolute atomic E-state index is 13.0. The van der Waals surface area contributed by atoms with E-state index in [1.54, 1.807) is 0 Å². The first-order chi connectivity index (χ1) is 13.5. The van der Waals surface area contributed by atoms with E-state index >= 15 is 0 Å². The summed E-state index contributed by atoms with van der Waals surface area (Å²) in [6.07, 6.45) is 8.41. The Morgan fingerprint density at radius 1 is 1.17 bits per heavy atom. The van der Waals surface area contributed by atoms with Crippen molar-refractivity contribution in [2.45, 2.75) is 69.4 Å². The molecule has 0 radical (unpaired) electrons. The van der Waals surface area contributed by atoms with Crippen LogP contribution in [0.1, 0.15) is 64.3 Å². The molecule has 3 aliphatic carbocycles. The molecule has 2 aromatic rings. The molecule has 5 rings (SSSR count). The lowest BCUT2D eigenvalue weighted by Crippen LogP contribution is -2.68. The van der Waals surface area contributed by atoms with Crippen LogP contribution in [-0.4, -0.2) is 22.7 Å². The van der Waals surface area contributed by atoms with Gasteiger partial charge in [-0.05, 0) is 35.3 Å². The molecule has 1 aromatic carbocycles. The molecular formula is C26H33N2O-. The third kappa shape index (κ3) is 1.84. The van der Waals surface area contributed by atoms with Gasteiger partial charge in [0.25, 0.3) is 0 Å². The van der Waals surface area contributed by atoms with E-state index in [-0.39, 0.29) is 22.2 Å². The average molecular weight is 390 g/mol. The smallest absolute Gasteiger partial charge is 0.0867 e. The zero-order valence-corrected chi connectivity index (χ0v) is 18.6. The van der Waals surface area contributed by atoms with Gasteiger partial charge in [-0.25, -0.2) is 0 Å². The van der Waals surface area contributed by atoms with Crippen LogP contribution < -0.4 is 0 Å². The van der Waals surface area contributed by atoms with Crippen LogP contribution >= 0.6 is 0 Å². The topological polar surface area (TPSA) is 50.1 Å². The molecule has 1 heterocycles. The van der Waals surface area contributed by atoms with Gasteiger partial charge in [0.05, 0.1) is 5.60 Å². The normalized spacial score (nSPS) is 38.7. The summed E-state index contributed by atoms with van der Waals surface area (Å²) >= 11 is 0. The monoisotopic (exact) mass is 389 g/mol. The zero-order valence-electron chi connectivity index (χ0n) is 18.6. The summed E-state index contributed by atoms with van der Waals surface area (Å²) in [5.74, 6) is 0.0675. The molecular weight excluding hydrogens is 356 g/mol. The Bertz CT molecular complexity index is 1070. The molecule has 1 aromatic heterocycles. The van der Waals surface area contributed by atoms with Crippen LogP contribution in [0.25, 0.3) is 16.2 Å². The number of allylic oxidation sites excluding steroid dienone is 1. The Labute approximate surface area is 174 Å². The number of nitrogens with one attached hydrogen (secondary N) is 1. The van der Waals surface area contributed by atoms with Crippen molar-refractivity contribution in [1.29, 1.82) is 0 Å². The number of aromatic amines is 1. The first kappa shape index (κ1) is 19.1. The molecule has 3 nitrogen and oxygen atoms in total. The van der Waals surface area contributed by atoms with Crippen LogP contribution in [-0.2, 0) is 16.4 Å². The highest BCUT2D eigenvalue weighted by Crippen LogP contribution is 2.69. The number of rotatable bonds is 2. The first-order valence-corrected chi connectivity index (χ1v) is 10.8. The molecule has 0 aliphatic heterocycles. The Kier molecular flexibility index (Phi) is 3.47. The van der Waals surface area contributed by atoms with Crippen LogP contribution in [0, 0.1) is 11.3 Å². The number of hydrogen-bond acceptors (Lipinski definition) is 1. The van der Waals surface area contributed by atoms with Gasteiger partial charge in [0.1, 0.15) is 0 Å². The molecule has 0 saturated heterocycles. The van der Waals surface area contributed by atoms with Gasteiger partial charge in [0.15, 0.2) is 0 Å². The molecule has 1 fully saturated rings. The van der Waals surface area contributed by atoms with Gasteiger partial charge in [0.2, 0.25) is 0 Å². The standard InChI is InChI=1S/C26H33N2O/c1-8-24(6)13-12-18-23(4,5)16-10-9-11-17-19(16)20-21(28-17)22(2,3)14-15-25(24,27-7)26(18,20)29/h8-11,14-15,18,28-29H,1,12-13H2,2-7H3/q-1. The second-order valence-corrected chi connectivity index (χ2v) is 10.8. The number of hydrogen-bond donors (Lipinski definition) is 2. The second kappa shape index (κ2) is 5.25. The average Bonchev–Trinajstić information content (AvgIpc) is 3.05. The molecule has 0 amide bonds. The minimum absolute atomic E-state index is 0.0675. The van der Waals surface area contributed by atoms with Crippen LogP contribution in [0.15, 0.2) is 43.0 Å². The summed E-state index contributed by atoms with van der Waals surface area (Å²) in [6, 6.07) is 6.55. The SMILES string of the molecule is C=CC1(C)CCC2C(C)(C)c3cccc4[nH]c5c(c34)C2(O)C1([N-]C)C=CC5(C)C. The molecule has 2 N–H and O–H groups in total. The fourth-order valence-electron chi connectivity index (χ4n) is 7.12. The fourth-order valence-corrected chi connectivity index (χ4v) is 7.12. The molecule has 4 atom stereocenters. The van der Waals surface area contributed by atoms with E-state index in [1.165, 1.54) is 10.9 Å². The van der Waals surface area contributed by atoms with E-state index in [4.69, 9.17) is 5.32 Å². The molecule has 3 aliphatic rings. The largest absolute Gasteiger partial charge is 0.653 e. The van der Waals surface area contributed by atoms with E-state index in [1.807, 2.05) is 13.1 Å². The van der Waals surface area contributed by atoms with E-state index in [2.05, 4.69) is 76.5 Å². The molecule has 4 unspecified atom stereocenters. The van der Waals surface area contributed by atoms with Crippen LogP contribution in [0.5, 0.6) is 0 Å². The van der Waals surface area contributed by atoms with Crippen LogP contribution in [0.4, 0.5) is 0 Å². The molecule has 154 valence electrons. The van der Waals surface area contributed by atoms with Crippen LogP contribution in [0.2, 0.25) is 0 Å². The van der Waals surface area contributed by atoms with Gasteiger partial charge in [-0.2, -0.15) is 7.05 Å². The highest BCUT2D eigenvalue weighted by molar-refractivity contribution is 5.92. The Balaban J connectivity index is 2.05.